The van der Waals surface area contributed by atoms with Crippen LogP contribution in [0.2, 0.25) is 10.0 Å². The van der Waals surface area contributed by atoms with E-state index in [1.807, 2.05) is 0 Å². The molecule has 2 atom stereocenters. The highest BCUT2D eigenvalue weighted by Gasteiger charge is 2.32. The molecular formula is C17H20Cl2N4O2. The van der Waals surface area contributed by atoms with Gasteiger partial charge in [0.1, 0.15) is 11.3 Å². The van der Waals surface area contributed by atoms with Crippen molar-refractivity contribution in [2.24, 2.45) is 5.73 Å². The van der Waals surface area contributed by atoms with Gasteiger partial charge in [0.2, 0.25) is 0 Å². The summed E-state index contributed by atoms with van der Waals surface area (Å²) in [4.78, 5) is 16.2. The number of carbonyl (C=O) groups is 1. The second-order valence-electron chi connectivity index (χ2n) is 6.62. The summed E-state index contributed by atoms with van der Waals surface area (Å²) in [7, 11) is 0. The molecule has 6 nitrogen and oxygen atoms in total. The van der Waals surface area contributed by atoms with E-state index in [0.29, 0.717) is 21.1 Å². The first kappa shape index (κ1) is 17.1. The van der Waals surface area contributed by atoms with Crippen LogP contribution in [0, 0.1) is 0 Å². The Kier molecular flexibility index (Phi) is 4.62. The van der Waals surface area contributed by atoms with E-state index in [1.54, 1.807) is 0 Å². The Morgan fingerprint density at radius 1 is 1.36 bits per heavy atom. The highest BCUT2D eigenvalue weighted by atomic mass is 35.5. The fourth-order valence-electron chi connectivity index (χ4n) is 3.87. The van der Waals surface area contributed by atoms with Gasteiger partial charge < -0.3 is 20.4 Å². The molecular weight excluding hydrogens is 363 g/mol. The zero-order valence-electron chi connectivity index (χ0n) is 13.7. The first-order valence-electron chi connectivity index (χ1n) is 8.60. The van der Waals surface area contributed by atoms with E-state index in [2.05, 4.69) is 14.9 Å². The fourth-order valence-corrected chi connectivity index (χ4v) is 4.60. The van der Waals surface area contributed by atoms with E-state index >= 15 is 0 Å². The van der Waals surface area contributed by atoms with Gasteiger partial charge in [0.15, 0.2) is 0 Å². The van der Waals surface area contributed by atoms with Gasteiger partial charge in [0.05, 0.1) is 27.2 Å². The van der Waals surface area contributed by atoms with E-state index in [4.69, 9.17) is 33.7 Å². The van der Waals surface area contributed by atoms with Crippen molar-refractivity contribution in [3.63, 3.8) is 0 Å². The van der Waals surface area contributed by atoms with Gasteiger partial charge in [-0.2, -0.15) is 0 Å². The Morgan fingerprint density at radius 3 is 2.84 bits per heavy atom. The second kappa shape index (κ2) is 6.76. The maximum atomic E-state index is 11.7. The van der Waals surface area contributed by atoms with Crippen molar-refractivity contribution in [3.05, 3.63) is 27.5 Å². The number of hydrogen-bond donors (Lipinski definition) is 2. The number of carbonyl (C=O) groups excluding carboxylic acids is 1. The molecule has 0 aliphatic carbocycles. The van der Waals surface area contributed by atoms with Crippen LogP contribution in [0.1, 0.15) is 54.0 Å². The van der Waals surface area contributed by atoms with Crippen molar-refractivity contribution >= 4 is 40.1 Å². The molecule has 0 radical (unpaired) electrons. The zero-order valence-corrected chi connectivity index (χ0v) is 15.2. The number of hydrogen-bond acceptors (Lipinski definition) is 4. The number of nitrogens with zero attached hydrogens (tertiary/aromatic N) is 2. The normalized spacial score (nSPS) is 24.1. The van der Waals surface area contributed by atoms with Gasteiger partial charge in [-0.05, 0) is 38.3 Å². The number of ether oxygens (including phenoxy) is 1. The van der Waals surface area contributed by atoms with E-state index < -0.39 is 5.91 Å². The molecule has 25 heavy (non-hydrogen) atoms. The third kappa shape index (κ3) is 2.91. The Labute approximate surface area is 155 Å². The van der Waals surface area contributed by atoms with Crippen LogP contribution < -0.4 is 11.1 Å². The van der Waals surface area contributed by atoms with E-state index in [1.165, 1.54) is 6.07 Å². The lowest BCUT2D eigenvalue weighted by Gasteiger charge is -2.28. The molecule has 2 aromatic heterocycles. The Hall–Kier alpha value is -1.34. The van der Waals surface area contributed by atoms with Crippen LogP contribution in [0.15, 0.2) is 6.07 Å². The van der Waals surface area contributed by atoms with Crippen LogP contribution in [0.25, 0.3) is 11.0 Å². The summed E-state index contributed by atoms with van der Waals surface area (Å²) in [6.45, 7) is 2.54. The van der Waals surface area contributed by atoms with Gasteiger partial charge in [-0.3, -0.25) is 4.79 Å². The summed E-state index contributed by atoms with van der Waals surface area (Å²) >= 11 is 13.2. The molecule has 0 saturated carbocycles. The average molecular weight is 383 g/mol. The number of pyridine rings is 1. The fraction of sp³-hybridized carbons (Fsp3) is 0.529. The van der Waals surface area contributed by atoms with Crippen molar-refractivity contribution in [2.75, 3.05) is 19.7 Å². The molecule has 1 amide bonds. The number of rotatable bonds is 3. The molecule has 134 valence electrons. The summed E-state index contributed by atoms with van der Waals surface area (Å²) in [5.41, 5.74) is 7.11. The molecule has 0 spiro atoms. The van der Waals surface area contributed by atoms with Crippen molar-refractivity contribution in [1.29, 1.82) is 0 Å². The number of nitrogens with one attached hydrogen (secondary N) is 1. The number of fused-ring (bicyclic) bond motifs is 1. The van der Waals surface area contributed by atoms with Crippen LogP contribution in [-0.4, -0.2) is 35.2 Å². The lowest BCUT2D eigenvalue weighted by atomic mass is 10.1. The first-order chi connectivity index (χ1) is 12.1. The van der Waals surface area contributed by atoms with Crippen molar-refractivity contribution < 1.29 is 9.53 Å². The van der Waals surface area contributed by atoms with Crippen LogP contribution in [-0.2, 0) is 4.74 Å². The van der Waals surface area contributed by atoms with E-state index in [-0.39, 0.29) is 17.8 Å². The smallest absolute Gasteiger partial charge is 0.267 e. The SMILES string of the molecule is NC(=O)c1cc(Cl)c2c(Cl)c(C3CCCO3)n(C3CCCNC3)c2n1. The second-order valence-corrected chi connectivity index (χ2v) is 7.41. The van der Waals surface area contributed by atoms with Crippen LogP contribution in [0.4, 0.5) is 0 Å². The highest BCUT2D eigenvalue weighted by Crippen LogP contribution is 2.44. The van der Waals surface area contributed by atoms with Crippen LogP contribution in [0.5, 0.6) is 0 Å². The number of amides is 1. The van der Waals surface area contributed by atoms with Gasteiger partial charge >= 0.3 is 0 Å². The maximum Gasteiger partial charge on any atom is 0.267 e. The molecule has 0 aromatic carbocycles. The lowest BCUT2D eigenvalue weighted by molar-refractivity contribution is 0.0996. The minimum atomic E-state index is -0.604. The van der Waals surface area contributed by atoms with E-state index in [9.17, 15) is 4.79 Å². The number of nitrogens with two attached hydrogens (primary N) is 1. The largest absolute Gasteiger partial charge is 0.372 e. The third-order valence-electron chi connectivity index (χ3n) is 5.01. The Bertz CT molecular complexity index is 824. The monoisotopic (exact) mass is 382 g/mol. The standard InChI is InChI=1S/C17H20Cl2N4O2/c18-10-7-11(16(20)24)22-17-13(10)14(19)15(12-4-2-6-25-12)23(17)9-3-1-5-21-8-9/h7,9,12,21H,1-6,8H2,(H2,20,24). The highest BCUT2D eigenvalue weighted by molar-refractivity contribution is 6.42. The molecule has 2 fully saturated rings. The van der Waals surface area contributed by atoms with E-state index in [0.717, 1.165) is 51.1 Å². The zero-order chi connectivity index (χ0) is 17.6. The predicted molar refractivity (Wildman–Crippen MR) is 97.3 cm³/mol. The summed E-state index contributed by atoms with van der Waals surface area (Å²) in [5.74, 6) is -0.604. The molecule has 2 saturated heterocycles. The van der Waals surface area contributed by atoms with Gasteiger partial charge in [0.25, 0.3) is 5.91 Å². The van der Waals surface area contributed by atoms with Crippen molar-refractivity contribution in [3.8, 4) is 0 Å². The molecule has 3 N–H and O–H groups in total. The minimum Gasteiger partial charge on any atom is -0.372 e. The number of halogens is 2. The Morgan fingerprint density at radius 2 is 2.20 bits per heavy atom. The van der Waals surface area contributed by atoms with Gasteiger partial charge in [-0.15, -0.1) is 0 Å². The lowest BCUT2D eigenvalue weighted by Crippen LogP contribution is -2.32. The Balaban J connectivity index is 1.98. The number of piperidine rings is 1. The van der Waals surface area contributed by atoms with Crippen LogP contribution >= 0.6 is 23.2 Å². The molecule has 2 unspecified atom stereocenters. The quantitative estimate of drug-likeness (QED) is 0.853. The maximum absolute atomic E-state index is 11.7. The van der Waals surface area contributed by atoms with Gasteiger partial charge in [-0.25, -0.2) is 4.98 Å². The number of primary amides is 1. The summed E-state index contributed by atoms with van der Waals surface area (Å²) in [6, 6.07) is 1.68. The van der Waals surface area contributed by atoms with Crippen molar-refractivity contribution in [1.82, 2.24) is 14.9 Å². The topological polar surface area (TPSA) is 82.2 Å². The molecule has 2 aliphatic heterocycles. The molecule has 2 aromatic rings. The first-order valence-corrected chi connectivity index (χ1v) is 9.35. The summed E-state index contributed by atoms with van der Waals surface area (Å²) in [6.07, 6.45) is 3.91. The summed E-state index contributed by atoms with van der Waals surface area (Å²) in [5, 5.41) is 5.06. The molecule has 8 heteroatoms. The van der Waals surface area contributed by atoms with Gasteiger partial charge in [0, 0.05) is 19.2 Å². The summed E-state index contributed by atoms with van der Waals surface area (Å²) < 4.78 is 8.03. The minimum absolute atomic E-state index is 0.0725. The third-order valence-corrected chi connectivity index (χ3v) is 5.69. The predicted octanol–water partition coefficient (Wildman–Crippen LogP) is 3.22. The van der Waals surface area contributed by atoms with Gasteiger partial charge in [-0.1, -0.05) is 23.2 Å². The molecule has 0 bridgehead atoms. The molecule has 2 aliphatic rings. The van der Waals surface area contributed by atoms with Crippen LogP contribution in [0.3, 0.4) is 0 Å². The molecule has 4 heterocycles. The molecule has 4 rings (SSSR count). The average Bonchev–Trinajstić information content (AvgIpc) is 3.21. The number of aromatic nitrogens is 2. The van der Waals surface area contributed by atoms with Crippen molar-refractivity contribution in [2.45, 2.75) is 37.8 Å².